The number of thioether (sulfide) groups is 1. The number of non-ortho nitro benzene ring substituents is 1. The normalized spacial score (nSPS) is 12.4. The molecule has 0 saturated heterocycles. The van der Waals surface area contributed by atoms with Gasteiger partial charge in [-0.2, -0.15) is 0 Å². The molecule has 8 heteroatoms. The number of nitrogens with one attached hydrogen (secondary N) is 1. The average molecular weight is 338 g/mol. The second-order valence-electron chi connectivity index (χ2n) is 5.26. The van der Waals surface area contributed by atoms with Gasteiger partial charge < -0.3 is 5.32 Å². The van der Waals surface area contributed by atoms with Crippen molar-refractivity contribution in [2.45, 2.75) is 30.4 Å². The largest absolute Gasteiger partial charge is 0.360 e. The third-order valence-corrected chi connectivity index (χ3v) is 5.02. The second kappa shape index (κ2) is 7.55. The van der Waals surface area contributed by atoms with Crippen LogP contribution in [0.15, 0.2) is 28.6 Å². The summed E-state index contributed by atoms with van der Waals surface area (Å²) in [5, 5.41) is 23.2. The van der Waals surface area contributed by atoms with Gasteiger partial charge in [0.2, 0.25) is 5.13 Å². The van der Waals surface area contributed by atoms with Crippen LogP contribution in [0, 0.1) is 16.0 Å². The van der Waals surface area contributed by atoms with E-state index in [9.17, 15) is 10.1 Å². The van der Waals surface area contributed by atoms with Crippen LogP contribution in [0.2, 0.25) is 0 Å². The summed E-state index contributed by atoms with van der Waals surface area (Å²) < 4.78 is 0.852. The lowest BCUT2D eigenvalue weighted by atomic mass is 10.1. The minimum absolute atomic E-state index is 0.0748. The summed E-state index contributed by atoms with van der Waals surface area (Å²) in [5.74, 6) is 0.545. The first kappa shape index (κ1) is 16.7. The summed E-state index contributed by atoms with van der Waals surface area (Å²) in [6, 6.07) is 6.71. The first-order chi connectivity index (χ1) is 10.5. The summed E-state index contributed by atoms with van der Waals surface area (Å²) in [4.78, 5) is 10.5. The first-order valence-electron chi connectivity index (χ1n) is 6.94. The quantitative estimate of drug-likeness (QED) is 0.459. The Morgan fingerprint density at radius 1 is 1.36 bits per heavy atom. The molecule has 1 aromatic carbocycles. The molecule has 1 heterocycles. The number of rotatable bonds is 7. The van der Waals surface area contributed by atoms with Crippen LogP contribution in [0.4, 0.5) is 10.8 Å². The summed E-state index contributed by atoms with van der Waals surface area (Å²) >= 11 is 3.06. The topological polar surface area (TPSA) is 81.0 Å². The zero-order chi connectivity index (χ0) is 16.1. The van der Waals surface area contributed by atoms with Gasteiger partial charge in [0, 0.05) is 23.9 Å². The molecule has 2 rings (SSSR count). The Labute approximate surface area is 137 Å². The SMILES string of the molecule is CC(C)CNc1nnc(S[C@H](C)c2cccc([N+](=O)[O-])c2)s1. The number of hydrogen-bond acceptors (Lipinski definition) is 7. The Kier molecular flexibility index (Phi) is 5.73. The minimum atomic E-state index is -0.375. The Hall–Kier alpha value is -1.67. The van der Waals surface area contributed by atoms with Gasteiger partial charge in [0.05, 0.1) is 4.92 Å². The Morgan fingerprint density at radius 2 is 2.14 bits per heavy atom. The third kappa shape index (κ3) is 4.67. The van der Waals surface area contributed by atoms with E-state index in [-0.39, 0.29) is 15.9 Å². The molecule has 0 unspecified atom stereocenters. The molecule has 0 aliphatic heterocycles. The standard InChI is InChI=1S/C14H18N4O2S2/c1-9(2)8-15-13-16-17-14(22-13)21-10(3)11-5-4-6-12(7-11)18(19)20/h4-7,9-10H,8H2,1-3H3,(H,15,16)/t10-/m1/s1. The molecule has 0 amide bonds. The van der Waals surface area contributed by atoms with Crippen molar-refractivity contribution < 1.29 is 4.92 Å². The van der Waals surface area contributed by atoms with Gasteiger partial charge >= 0.3 is 0 Å². The monoisotopic (exact) mass is 338 g/mol. The van der Waals surface area contributed by atoms with E-state index in [4.69, 9.17) is 0 Å². The number of nitrogens with zero attached hydrogens (tertiary/aromatic N) is 3. The van der Waals surface area contributed by atoms with E-state index in [1.165, 1.54) is 17.4 Å². The van der Waals surface area contributed by atoms with E-state index in [0.717, 1.165) is 21.6 Å². The molecule has 0 spiro atoms. The van der Waals surface area contributed by atoms with Gasteiger partial charge in [-0.15, -0.1) is 10.2 Å². The van der Waals surface area contributed by atoms with Crippen molar-refractivity contribution in [1.29, 1.82) is 0 Å². The van der Waals surface area contributed by atoms with Crippen LogP contribution in [0.25, 0.3) is 0 Å². The molecule has 2 aromatic rings. The highest BCUT2D eigenvalue weighted by atomic mass is 32.2. The van der Waals surface area contributed by atoms with Gasteiger partial charge in [0.1, 0.15) is 0 Å². The lowest BCUT2D eigenvalue weighted by Gasteiger charge is -2.08. The van der Waals surface area contributed by atoms with Crippen molar-refractivity contribution in [3.8, 4) is 0 Å². The molecular weight excluding hydrogens is 320 g/mol. The highest BCUT2D eigenvalue weighted by Crippen LogP contribution is 2.38. The lowest BCUT2D eigenvalue weighted by Crippen LogP contribution is -2.07. The first-order valence-corrected chi connectivity index (χ1v) is 8.63. The number of anilines is 1. The summed E-state index contributed by atoms with van der Waals surface area (Å²) in [6.07, 6.45) is 0. The highest BCUT2D eigenvalue weighted by molar-refractivity contribution is 8.01. The molecular formula is C14H18N4O2S2. The van der Waals surface area contributed by atoms with Crippen LogP contribution in [-0.4, -0.2) is 21.7 Å². The average Bonchev–Trinajstić information content (AvgIpc) is 2.92. The molecule has 1 N–H and O–H groups in total. The Bertz CT molecular complexity index is 645. The molecule has 1 aromatic heterocycles. The zero-order valence-corrected chi connectivity index (χ0v) is 14.3. The highest BCUT2D eigenvalue weighted by Gasteiger charge is 2.14. The maximum absolute atomic E-state index is 10.8. The third-order valence-electron chi connectivity index (χ3n) is 2.90. The molecule has 0 radical (unpaired) electrons. The molecule has 0 saturated carbocycles. The van der Waals surface area contributed by atoms with E-state index in [2.05, 4.69) is 29.4 Å². The molecule has 1 atom stereocenters. The van der Waals surface area contributed by atoms with Crippen LogP contribution < -0.4 is 5.32 Å². The van der Waals surface area contributed by atoms with Gasteiger partial charge in [-0.3, -0.25) is 10.1 Å². The number of benzene rings is 1. The van der Waals surface area contributed by atoms with Crippen molar-refractivity contribution in [1.82, 2.24) is 10.2 Å². The van der Waals surface area contributed by atoms with E-state index in [1.807, 2.05) is 13.0 Å². The Balaban J connectivity index is 2.01. The number of hydrogen-bond donors (Lipinski definition) is 1. The predicted molar refractivity (Wildman–Crippen MR) is 90.6 cm³/mol. The molecule has 6 nitrogen and oxygen atoms in total. The smallest absolute Gasteiger partial charge is 0.269 e. The lowest BCUT2D eigenvalue weighted by molar-refractivity contribution is -0.384. The number of nitro benzene ring substituents is 1. The van der Waals surface area contributed by atoms with E-state index < -0.39 is 0 Å². The molecule has 22 heavy (non-hydrogen) atoms. The molecule has 0 fully saturated rings. The zero-order valence-electron chi connectivity index (χ0n) is 12.6. The predicted octanol–water partition coefficient (Wildman–Crippen LogP) is 4.37. The maximum atomic E-state index is 10.8. The minimum Gasteiger partial charge on any atom is -0.360 e. The van der Waals surface area contributed by atoms with Crippen LogP contribution in [0.1, 0.15) is 31.6 Å². The van der Waals surface area contributed by atoms with Crippen LogP contribution >= 0.6 is 23.1 Å². The van der Waals surface area contributed by atoms with Gasteiger partial charge in [-0.1, -0.05) is 49.1 Å². The van der Waals surface area contributed by atoms with Crippen LogP contribution in [-0.2, 0) is 0 Å². The maximum Gasteiger partial charge on any atom is 0.269 e. The van der Waals surface area contributed by atoms with Gasteiger partial charge in [0.25, 0.3) is 5.69 Å². The van der Waals surface area contributed by atoms with Crippen molar-refractivity contribution in [2.75, 3.05) is 11.9 Å². The van der Waals surface area contributed by atoms with Crippen molar-refractivity contribution in [2.24, 2.45) is 5.92 Å². The number of nitro groups is 1. The molecule has 0 bridgehead atoms. The molecule has 0 aliphatic carbocycles. The van der Waals surface area contributed by atoms with Crippen molar-refractivity contribution >= 4 is 33.9 Å². The van der Waals surface area contributed by atoms with Crippen molar-refractivity contribution in [3.05, 3.63) is 39.9 Å². The van der Waals surface area contributed by atoms with Crippen LogP contribution in [0.3, 0.4) is 0 Å². The molecule has 118 valence electrons. The summed E-state index contributed by atoms with van der Waals surface area (Å²) in [6.45, 7) is 7.13. The van der Waals surface area contributed by atoms with Crippen LogP contribution in [0.5, 0.6) is 0 Å². The van der Waals surface area contributed by atoms with Crippen molar-refractivity contribution in [3.63, 3.8) is 0 Å². The fourth-order valence-electron chi connectivity index (χ4n) is 1.73. The number of aromatic nitrogens is 2. The van der Waals surface area contributed by atoms with Gasteiger partial charge in [0.15, 0.2) is 4.34 Å². The summed E-state index contributed by atoms with van der Waals surface area (Å²) in [7, 11) is 0. The fraction of sp³-hybridized carbons (Fsp3) is 0.429. The van der Waals surface area contributed by atoms with E-state index in [1.54, 1.807) is 23.9 Å². The van der Waals surface area contributed by atoms with Gasteiger partial charge in [-0.25, -0.2) is 0 Å². The Morgan fingerprint density at radius 3 is 2.82 bits per heavy atom. The second-order valence-corrected chi connectivity index (χ2v) is 7.83. The van der Waals surface area contributed by atoms with E-state index in [0.29, 0.717) is 5.92 Å². The van der Waals surface area contributed by atoms with E-state index >= 15 is 0 Å². The fourth-order valence-corrected chi connectivity index (χ4v) is 3.75. The van der Waals surface area contributed by atoms with Gasteiger partial charge in [-0.05, 0) is 18.4 Å². The molecule has 0 aliphatic rings. The summed E-state index contributed by atoms with van der Waals surface area (Å²) in [5.41, 5.74) is 1.02.